The van der Waals surface area contributed by atoms with Gasteiger partial charge in [-0.25, -0.2) is 4.98 Å². The van der Waals surface area contributed by atoms with Crippen molar-refractivity contribution in [3.8, 4) is 0 Å². The van der Waals surface area contributed by atoms with E-state index in [2.05, 4.69) is 14.7 Å². The van der Waals surface area contributed by atoms with Crippen LogP contribution in [0.5, 0.6) is 0 Å². The van der Waals surface area contributed by atoms with Crippen molar-refractivity contribution in [2.24, 2.45) is 5.73 Å². The quantitative estimate of drug-likeness (QED) is 0.521. The second-order valence-corrected chi connectivity index (χ2v) is 6.70. The number of H-pyrrole nitrogens is 1. The van der Waals surface area contributed by atoms with Gasteiger partial charge in [0, 0.05) is 37.9 Å². The van der Waals surface area contributed by atoms with Crippen molar-refractivity contribution in [2.75, 3.05) is 19.6 Å². The van der Waals surface area contributed by atoms with Crippen LogP contribution in [0, 0.1) is 0 Å². The van der Waals surface area contributed by atoms with Gasteiger partial charge < -0.3 is 15.8 Å². The van der Waals surface area contributed by atoms with Crippen LogP contribution < -0.4 is 10.5 Å². The summed E-state index contributed by atoms with van der Waals surface area (Å²) in [5.41, 5.74) is 5.28. The molecule has 1 fully saturated rings. The minimum atomic E-state index is -3.69. The summed E-state index contributed by atoms with van der Waals surface area (Å²) in [6.45, 7) is 0.405. The fraction of sp³-hybridized carbons (Fsp3) is 0.636. The van der Waals surface area contributed by atoms with Gasteiger partial charge in [-0.1, -0.05) is 0 Å². The van der Waals surface area contributed by atoms with Gasteiger partial charge in [-0.05, 0) is 12.8 Å². The third-order valence-corrected chi connectivity index (χ3v) is 5.08. The van der Waals surface area contributed by atoms with Gasteiger partial charge in [0.25, 0.3) is 10.2 Å². The maximum absolute atomic E-state index is 12.0. The molecule has 0 aromatic carbocycles. The van der Waals surface area contributed by atoms with Gasteiger partial charge in [0.1, 0.15) is 11.9 Å². The summed E-state index contributed by atoms with van der Waals surface area (Å²) in [6.07, 6.45) is 4.75. The summed E-state index contributed by atoms with van der Waals surface area (Å²) in [5.74, 6) is -0.158. The van der Waals surface area contributed by atoms with E-state index in [-0.39, 0.29) is 12.5 Å². The lowest BCUT2D eigenvalue weighted by atomic mass is 9.98. The molecule has 5 N–H and O–H groups in total. The number of rotatable bonds is 6. The summed E-state index contributed by atoms with van der Waals surface area (Å²) in [6, 6.07) is -1.25. The number of nitrogens with two attached hydrogens (primary N) is 1. The molecular formula is C11H19N5O4S. The van der Waals surface area contributed by atoms with Crippen molar-refractivity contribution in [2.45, 2.75) is 24.8 Å². The van der Waals surface area contributed by atoms with E-state index in [0.29, 0.717) is 25.9 Å². The topological polar surface area (TPSA) is 141 Å². The molecule has 0 bridgehead atoms. The molecule has 2 rings (SSSR count). The second kappa shape index (κ2) is 6.52. The maximum atomic E-state index is 12.0. The number of aromatic amines is 1. The zero-order valence-corrected chi connectivity index (χ0v) is 12.2. The fourth-order valence-corrected chi connectivity index (χ4v) is 3.51. The van der Waals surface area contributed by atoms with Crippen LogP contribution in [0.25, 0.3) is 0 Å². The van der Waals surface area contributed by atoms with Gasteiger partial charge in [-0.15, -0.1) is 0 Å². The monoisotopic (exact) mass is 317 g/mol. The number of carboxylic acids is 1. The van der Waals surface area contributed by atoms with Gasteiger partial charge in [-0.2, -0.15) is 17.4 Å². The number of nitrogens with one attached hydrogen (secondary N) is 2. The molecule has 118 valence electrons. The number of carbonyl (C=O) groups is 1. The van der Waals surface area contributed by atoms with E-state index >= 15 is 0 Å². The van der Waals surface area contributed by atoms with E-state index in [1.807, 2.05) is 0 Å². The molecule has 0 aliphatic carbocycles. The van der Waals surface area contributed by atoms with E-state index in [4.69, 9.17) is 10.8 Å². The number of hydrogen-bond acceptors (Lipinski definition) is 5. The average molecular weight is 317 g/mol. The minimum absolute atomic E-state index is 0.215. The molecule has 0 radical (unpaired) electrons. The molecule has 1 aromatic heterocycles. The molecule has 0 unspecified atom stereocenters. The molecule has 1 aliphatic rings. The lowest BCUT2D eigenvalue weighted by Crippen LogP contribution is -2.49. The predicted octanol–water partition coefficient (Wildman–Crippen LogP) is -1.16. The number of hydrogen-bond donors (Lipinski definition) is 4. The smallest absolute Gasteiger partial charge is 0.321 e. The molecule has 1 aliphatic heterocycles. The van der Waals surface area contributed by atoms with Gasteiger partial charge in [0.05, 0.1) is 0 Å². The summed E-state index contributed by atoms with van der Waals surface area (Å²) >= 11 is 0. The predicted molar refractivity (Wildman–Crippen MR) is 74.7 cm³/mol. The molecule has 0 saturated carbocycles. The van der Waals surface area contributed by atoms with Crippen molar-refractivity contribution in [1.82, 2.24) is 19.0 Å². The van der Waals surface area contributed by atoms with Crippen molar-refractivity contribution in [3.05, 3.63) is 18.2 Å². The van der Waals surface area contributed by atoms with Crippen molar-refractivity contribution in [3.63, 3.8) is 0 Å². The Morgan fingerprint density at radius 1 is 1.57 bits per heavy atom. The largest absolute Gasteiger partial charge is 0.480 e. The first-order valence-corrected chi connectivity index (χ1v) is 8.06. The van der Waals surface area contributed by atoms with Crippen LogP contribution in [0.15, 0.2) is 12.4 Å². The zero-order valence-electron chi connectivity index (χ0n) is 11.4. The van der Waals surface area contributed by atoms with E-state index in [0.717, 1.165) is 5.82 Å². The standard InChI is InChI=1S/C11H19N5O4S/c12-9(11(17)18)7-15-21(19,20)16-5-1-8(2-6-16)10-13-3-4-14-10/h3-4,8-9,15H,1-2,5-7,12H2,(H,13,14)(H,17,18)/t9-/m0/s1. The first-order valence-electron chi connectivity index (χ1n) is 6.62. The number of nitrogens with zero attached hydrogens (tertiary/aromatic N) is 2. The lowest BCUT2D eigenvalue weighted by molar-refractivity contribution is -0.138. The molecule has 1 saturated heterocycles. The lowest BCUT2D eigenvalue weighted by Gasteiger charge is -2.30. The molecule has 21 heavy (non-hydrogen) atoms. The fourth-order valence-electron chi connectivity index (χ4n) is 2.24. The van der Waals surface area contributed by atoms with Gasteiger partial charge >= 0.3 is 5.97 Å². The summed E-state index contributed by atoms with van der Waals surface area (Å²) in [4.78, 5) is 17.8. The molecule has 1 aromatic rings. The first-order chi connectivity index (χ1) is 9.90. The van der Waals surface area contributed by atoms with E-state index in [9.17, 15) is 13.2 Å². The number of imidazole rings is 1. The highest BCUT2D eigenvalue weighted by Crippen LogP contribution is 2.26. The number of aromatic nitrogens is 2. The van der Waals surface area contributed by atoms with Crippen LogP contribution >= 0.6 is 0 Å². The van der Waals surface area contributed by atoms with Crippen LogP contribution in [-0.2, 0) is 15.0 Å². The zero-order chi connectivity index (χ0) is 15.5. The van der Waals surface area contributed by atoms with Gasteiger partial charge in [0.2, 0.25) is 0 Å². The SMILES string of the molecule is N[C@@H](CNS(=O)(=O)N1CCC(c2ncc[nH]2)CC1)C(=O)O. The Kier molecular flexibility index (Phi) is 4.93. The van der Waals surface area contributed by atoms with E-state index in [1.165, 1.54) is 4.31 Å². The maximum Gasteiger partial charge on any atom is 0.321 e. The second-order valence-electron chi connectivity index (χ2n) is 4.95. The van der Waals surface area contributed by atoms with E-state index < -0.39 is 22.2 Å². The number of carboxylic acid groups (broad SMARTS) is 1. The summed E-state index contributed by atoms with van der Waals surface area (Å²) in [7, 11) is -3.69. The molecular weight excluding hydrogens is 298 g/mol. The third-order valence-electron chi connectivity index (χ3n) is 3.50. The Bertz CT molecular complexity index is 565. The van der Waals surface area contributed by atoms with Crippen LogP contribution in [-0.4, -0.2) is 59.4 Å². The Labute approximate surface area is 122 Å². The normalized spacial score (nSPS) is 19.5. The highest BCUT2D eigenvalue weighted by Gasteiger charge is 2.30. The third kappa shape index (κ3) is 4.00. The highest BCUT2D eigenvalue weighted by molar-refractivity contribution is 7.87. The van der Waals surface area contributed by atoms with Crippen LogP contribution in [0.4, 0.5) is 0 Å². The molecule has 10 heteroatoms. The van der Waals surface area contributed by atoms with Crippen LogP contribution in [0.2, 0.25) is 0 Å². The van der Waals surface area contributed by atoms with Gasteiger partial charge in [-0.3, -0.25) is 4.79 Å². The molecule has 1 atom stereocenters. The molecule has 2 heterocycles. The Hall–Kier alpha value is -1.49. The van der Waals surface area contributed by atoms with Gasteiger partial charge in [0.15, 0.2) is 0 Å². The van der Waals surface area contributed by atoms with Crippen molar-refractivity contribution >= 4 is 16.2 Å². The van der Waals surface area contributed by atoms with Crippen molar-refractivity contribution in [1.29, 1.82) is 0 Å². The average Bonchev–Trinajstić information content (AvgIpc) is 2.99. The van der Waals surface area contributed by atoms with Crippen LogP contribution in [0.3, 0.4) is 0 Å². The summed E-state index contributed by atoms with van der Waals surface area (Å²) < 4.78 is 27.6. The minimum Gasteiger partial charge on any atom is -0.480 e. The highest BCUT2D eigenvalue weighted by atomic mass is 32.2. The number of piperidine rings is 1. The molecule has 0 amide bonds. The Morgan fingerprint density at radius 3 is 2.76 bits per heavy atom. The van der Waals surface area contributed by atoms with Crippen LogP contribution in [0.1, 0.15) is 24.6 Å². The summed E-state index contributed by atoms with van der Waals surface area (Å²) in [5, 5.41) is 8.65. The molecule has 9 nitrogen and oxygen atoms in total. The Morgan fingerprint density at radius 2 is 2.24 bits per heavy atom. The van der Waals surface area contributed by atoms with Crippen molar-refractivity contribution < 1.29 is 18.3 Å². The molecule has 0 spiro atoms. The number of aliphatic carboxylic acids is 1. The van der Waals surface area contributed by atoms with E-state index in [1.54, 1.807) is 12.4 Å². The first kappa shape index (κ1) is 15.9. The Balaban J connectivity index is 1.87.